The van der Waals surface area contributed by atoms with Crippen LogP contribution in [0.4, 0.5) is 5.69 Å². The SMILES string of the molecule is CC(=O)Nc1ccc(C)c(S(=O)(=O)NCC(N)C2CC2)c1. The summed E-state index contributed by atoms with van der Waals surface area (Å²) in [5.74, 6) is 0.186. The first kappa shape index (κ1) is 15.9. The lowest BCUT2D eigenvalue weighted by Crippen LogP contribution is -2.38. The second kappa shape index (κ2) is 6.13. The van der Waals surface area contributed by atoms with Crippen LogP contribution in [0.1, 0.15) is 25.3 Å². The quantitative estimate of drug-likeness (QED) is 0.728. The first-order chi connectivity index (χ1) is 9.79. The van der Waals surface area contributed by atoms with Crippen LogP contribution in [0.5, 0.6) is 0 Å². The number of amides is 1. The van der Waals surface area contributed by atoms with Gasteiger partial charge < -0.3 is 11.1 Å². The van der Waals surface area contributed by atoms with E-state index in [-0.39, 0.29) is 23.4 Å². The molecule has 1 amide bonds. The van der Waals surface area contributed by atoms with E-state index in [1.807, 2.05) is 0 Å². The van der Waals surface area contributed by atoms with Crippen LogP contribution in [0, 0.1) is 12.8 Å². The molecule has 0 radical (unpaired) electrons. The number of carbonyl (C=O) groups is 1. The van der Waals surface area contributed by atoms with Gasteiger partial charge in [-0.05, 0) is 43.4 Å². The number of anilines is 1. The normalized spacial score (nSPS) is 16.5. The zero-order valence-corrected chi connectivity index (χ0v) is 13.0. The van der Waals surface area contributed by atoms with Crippen molar-refractivity contribution in [1.82, 2.24) is 4.72 Å². The Hall–Kier alpha value is -1.44. The lowest BCUT2D eigenvalue weighted by atomic mass is 10.2. The number of nitrogens with one attached hydrogen (secondary N) is 2. The molecule has 4 N–H and O–H groups in total. The van der Waals surface area contributed by atoms with Gasteiger partial charge in [0.1, 0.15) is 0 Å². The molecule has 2 rings (SSSR count). The lowest BCUT2D eigenvalue weighted by Gasteiger charge is -2.14. The van der Waals surface area contributed by atoms with Gasteiger partial charge in [-0.25, -0.2) is 13.1 Å². The van der Waals surface area contributed by atoms with Crippen LogP contribution in [0.25, 0.3) is 0 Å². The van der Waals surface area contributed by atoms with E-state index >= 15 is 0 Å². The summed E-state index contributed by atoms with van der Waals surface area (Å²) < 4.78 is 27.3. The topological polar surface area (TPSA) is 101 Å². The Morgan fingerprint density at radius 2 is 2.10 bits per heavy atom. The summed E-state index contributed by atoms with van der Waals surface area (Å²) in [7, 11) is -3.63. The molecule has 0 saturated heterocycles. The van der Waals surface area contributed by atoms with Crippen molar-refractivity contribution in [2.24, 2.45) is 11.7 Å². The molecule has 6 nitrogen and oxygen atoms in total. The monoisotopic (exact) mass is 311 g/mol. The Labute approximate surface area is 125 Å². The van der Waals surface area contributed by atoms with Crippen molar-refractivity contribution in [2.45, 2.75) is 37.6 Å². The zero-order valence-electron chi connectivity index (χ0n) is 12.2. The molecular formula is C14H21N3O3S. The van der Waals surface area contributed by atoms with Gasteiger partial charge in [-0.15, -0.1) is 0 Å². The Bertz CT molecular complexity index is 639. The van der Waals surface area contributed by atoms with Crippen LogP contribution in [-0.4, -0.2) is 26.9 Å². The van der Waals surface area contributed by atoms with E-state index in [0.29, 0.717) is 17.2 Å². The van der Waals surface area contributed by atoms with Gasteiger partial charge in [0.2, 0.25) is 15.9 Å². The van der Waals surface area contributed by atoms with Crippen LogP contribution in [0.15, 0.2) is 23.1 Å². The third-order valence-electron chi connectivity index (χ3n) is 3.53. The van der Waals surface area contributed by atoms with Gasteiger partial charge in [0.05, 0.1) is 4.90 Å². The van der Waals surface area contributed by atoms with Crippen LogP contribution < -0.4 is 15.8 Å². The summed E-state index contributed by atoms with van der Waals surface area (Å²) in [4.78, 5) is 11.2. The van der Waals surface area contributed by atoms with Crippen LogP contribution >= 0.6 is 0 Å². The van der Waals surface area contributed by atoms with Crippen molar-refractivity contribution in [1.29, 1.82) is 0 Å². The molecule has 1 saturated carbocycles. The third kappa shape index (κ3) is 4.26. The molecule has 1 unspecified atom stereocenters. The van der Waals surface area contributed by atoms with Crippen molar-refractivity contribution < 1.29 is 13.2 Å². The fraction of sp³-hybridized carbons (Fsp3) is 0.500. The summed E-state index contributed by atoms with van der Waals surface area (Å²) in [6.45, 7) is 3.32. The highest BCUT2D eigenvalue weighted by Gasteiger charge is 2.29. The lowest BCUT2D eigenvalue weighted by molar-refractivity contribution is -0.114. The maximum absolute atomic E-state index is 12.4. The summed E-state index contributed by atoms with van der Waals surface area (Å²) >= 11 is 0. The van der Waals surface area contributed by atoms with Gasteiger partial charge >= 0.3 is 0 Å². The molecule has 1 fully saturated rings. The molecule has 0 heterocycles. The van der Waals surface area contributed by atoms with Gasteiger partial charge in [0.15, 0.2) is 0 Å². The molecule has 0 aliphatic heterocycles. The molecule has 1 aromatic carbocycles. The van der Waals surface area contributed by atoms with Crippen molar-refractivity contribution in [3.63, 3.8) is 0 Å². The first-order valence-electron chi connectivity index (χ1n) is 6.93. The smallest absolute Gasteiger partial charge is 0.240 e. The van der Waals surface area contributed by atoms with Gasteiger partial charge in [0, 0.05) is 25.2 Å². The molecule has 1 aliphatic carbocycles. The highest BCUT2D eigenvalue weighted by Crippen LogP contribution is 2.31. The van der Waals surface area contributed by atoms with E-state index in [1.165, 1.54) is 13.0 Å². The molecule has 116 valence electrons. The average Bonchev–Trinajstić information content (AvgIpc) is 3.22. The number of rotatable bonds is 6. The summed E-state index contributed by atoms with van der Waals surface area (Å²) in [6, 6.07) is 4.66. The van der Waals surface area contributed by atoms with Gasteiger partial charge in [-0.3, -0.25) is 4.79 Å². The highest BCUT2D eigenvalue weighted by atomic mass is 32.2. The van der Waals surface area contributed by atoms with Crippen molar-refractivity contribution in [2.75, 3.05) is 11.9 Å². The molecule has 0 bridgehead atoms. The molecule has 0 spiro atoms. The average molecular weight is 311 g/mol. The van der Waals surface area contributed by atoms with Gasteiger partial charge in [-0.1, -0.05) is 6.07 Å². The fourth-order valence-corrected chi connectivity index (χ4v) is 3.49. The van der Waals surface area contributed by atoms with Gasteiger partial charge in [0.25, 0.3) is 0 Å². The Balaban J connectivity index is 2.15. The molecule has 7 heteroatoms. The van der Waals surface area contributed by atoms with E-state index in [2.05, 4.69) is 10.0 Å². The predicted octanol–water partition coefficient (Wildman–Crippen LogP) is 0.969. The fourth-order valence-electron chi connectivity index (χ4n) is 2.15. The van der Waals surface area contributed by atoms with E-state index < -0.39 is 10.0 Å². The Morgan fingerprint density at radius 1 is 1.43 bits per heavy atom. The number of hydrogen-bond donors (Lipinski definition) is 3. The minimum atomic E-state index is -3.63. The maximum Gasteiger partial charge on any atom is 0.240 e. The number of carbonyl (C=O) groups excluding carboxylic acids is 1. The van der Waals surface area contributed by atoms with Crippen LogP contribution in [-0.2, 0) is 14.8 Å². The molecular weight excluding hydrogens is 290 g/mol. The maximum atomic E-state index is 12.4. The molecule has 1 aromatic rings. The van der Waals surface area contributed by atoms with E-state index in [1.54, 1.807) is 19.1 Å². The van der Waals surface area contributed by atoms with E-state index in [9.17, 15) is 13.2 Å². The largest absolute Gasteiger partial charge is 0.326 e. The molecule has 1 aliphatic rings. The number of benzene rings is 1. The number of hydrogen-bond acceptors (Lipinski definition) is 4. The number of nitrogens with two attached hydrogens (primary N) is 1. The number of aryl methyl sites for hydroxylation is 1. The minimum Gasteiger partial charge on any atom is -0.326 e. The summed E-state index contributed by atoms with van der Waals surface area (Å²) in [6.07, 6.45) is 2.14. The van der Waals surface area contributed by atoms with Crippen molar-refractivity contribution in [3.8, 4) is 0 Å². The summed E-state index contributed by atoms with van der Waals surface area (Å²) in [5, 5.41) is 2.58. The van der Waals surface area contributed by atoms with Crippen molar-refractivity contribution in [3.05, 3.63) is 23.8 Å². The number of sulfonamides is 1. The first-order valence-corrected chi connectivity index (χ1v) is 8.41. The Kier molecular flexibility index (Phi) is 4.65. The third-order valence-corrected chi connectivity index (χ3v) is 5.10. The second-order valence-corrected chi connectivity index (χ2v) is 7.25. The van der Waals surface area contributed by atoms with E-state index in [0.717, 1.165) is 12.8 Å². The minimum absolute atomic E-state index is 0.140. The molecule has 0 aromatic heterocycles. The van der Waals surface area contributed by atoms with Gasteiger partial charge in [-0.2, -0.15) is 0 Å². The van der Waals surface area contributed by atoms with E-state index in [4.69, 9.17) is 5.73 Å². The highest BCUT2D eigenvalue weighted by molar-refractivity contribution is 7.89. The van der Waals surface area contributed by atoms with Crippen LogP contribution in [0.3, 0.4) is 0 Å². The Morgan fingerprint density at radius 3 is 2.67 bits per heavy atom. The zero-order chi connectivity index (χ0) is 15.6. The van der Waals surface area contributed by atoms with Crippen molar-refractivity contribution >= 4 is 21.6 Å². The molecule has 1 atom stereocenters. The molecule has 21 heavy (non-hydrogen) atoms. The van der Waals surface area contributed by atoms with Crippen LogP contribution in [0.2, 0.25) is 0 Å². The summed E-state index contributed by atoms with van der Waals surface area (Å²) in [5.41, 5.74) is 6.99. The predicted molar refractivity (Wildman–Crippen MR) is 81.4 cm³/mol. The standard InChI is InChI=1S/C14H21N3O3S/c1-9-3-6-12(17-10(2)18)7-14(9)21(19,20)16-8-13(15)11-4-5-11/h3,6-7,11,13,16H,4-5,8,15H2,1-2H3,(H,17,18). The second-order valence-electron chi connectivity index (χ2n) is 5.51.